The van der Waals surface area contributed by atoms with Crippen molar-refractivity contribution in [3.63, 3.8) is 0 Å². The maximum Gasteiger partial charge on any atom is 0.435 e. The molecule has 4 N–H and O–H groups in total. The number of aliphatic hydroxyl groups excluding tert-OH is 1. The lowest BCUT2D eigenvalue weighted by atomic mass is 9.96. The molecule has 0 aliphatic carbocycles. The van der Waals surface area contributed by atoms with Gasteiger partial charge in [0, 0.05) is 69.1 Å². The van der Waals surface area contributed by atoms with Gasteiger partial charge in [-0.3, -0.25) is 19.1 Å². The fourth-order valence-corrected chi connectivity index (χ4v) is 5.69. The molecule has 0 radical (unpaired) electrons. The molecule has 5 heterocycles. The summed E-state index contributed by atoms with van der Waals surface area (Å²) in [4.78, 5) is 38.3. The van der Waals surface area contributed by atoms with Crippen molar-refractivity contribution in [3.8, 4) is 11.3 Å². The van der Waals surface area contributed by atoms with Crippen molar-refractivity contribution in [3.05, 3.63) is 59.8 Å². The van der Waals surface area contributed by atoms with Crippen LogP contribution in [0.5, 0.6) is 0 Å². The highest BCUT2D eigenvalue weighted by Crippen LogP contribution is 2.36. The van der Waals surface area contributed by atoms with Crippen molar-refractivity contribution >= 4 is 29.0 Å². The molecule has 2 aliphatic rings. The number of nitrogens with zero attached hydrogens (tertiary/aromatic N) is 6. The first-order valence-corrected chi connectivity index (χ1v) is 13.9. The number of rotatable bonds is 5. The highest BCUT2D eigenvalue weighted by atomic mass is 19.4. The lowest BCUT2D eigenvalue weighted by Gasteiger charge is -2.38. The third kappa shape index (κ3) is 5.64. The molecule has 0 saturated carbocycles. The smallest absolute Gasteiger partial charge is 0.392 e. The number of benzene rings is 1. The Morgan fingerprint density at radius 2 is 1.86 bits per heavy atom. The molecule has 1 aromatic carbocycles. The molecular weight excluding hydrogens is 567 g/mol. The number of nitrogens with one attached hydrogen (secondary N) is 3. The van der Waals surface area contributed by atoms with E-state index < -0.39 is 18.0 Å². The summed E-state index contributed by atoms with van der Waals surface area (Å²) in [6.45, 7) is 4.54. The Labute approximate surface area is 243 Å². The van der Waals surface area contributed by atoms with Crippen LogP contribution in [-0.4, -0.2) is 96.7 Å². The predicted octanol–water partition coefficient (Wildman–Crippen LogP) is 2.45. The average molecular weight is 598 g/mol. The molecule has 43 heavy (non-hydrogen) atoms. The second-order valence-electron chi connectivity index (χ2n) is 10.8. The van der Waals surface area contributed by atoms with E-state index in [0.717, 1.165) is 5.56 Å². The van der Waals surface area contributed by atoms with Crippen molar-refractivity contribution in [2.24, 2.45) is 5.92 Å². The number of hydrogen-bond donors (Lipinski definition) is 4. The first-order valence-electron chi connectivity index (χ1n) is 13.9. The largest absolute Gasteiger partial charge is 0.435 e. The van der Waals surface area contributed by atoms with E-state index in [1.54, 1.807) is 28.0 Å². The number of amides is 2. The number of aromatic amines is 1. The van der Waals surface area contributed by atoms with E-state index in [0.29, 0.717) is 68.4 Å². The minimum atomic E-state index is -4.63. The molecule has 2 aliphatic heterocycles. The molecule has 12 nitrogen and oxygen atoms in total. The Kier molecular flexibility index (Phi) is 7.52. The van der Waals surface area contributed by atoms with E-state index in [2.05, 4.69) is 30.8 Å². The fourth-order valence-electron chi connectivity index (χ4n) is 5.69. The van der Waals surface area contributed by atoms with Crippen LogP contribution in [0.15, 0.2) is 43.0 Å². The molecular formula is C28H30F3N9O3. The van der Waals surface area contributed by atoms with Crippen molar-refractivity contribution in [2.75, 3.05) is 44.6 Å². The van der Waals surface area contributed by atoms with Crippen LogP contribution < -0.4 is 10.6 Å². The number of aryl methyl sites for hydroxylation is 1. The standard InChI is InChI=1S/C28H30F3N9O3/c1-16-10-18(36-24-25-34-15-22(40(25)5-4-33-24)21-14-35-37-23(21)28(29,30)31)2-3-20(16)27(43)39-8-6-38(7-9-39)26(42)17-11-19(41)13-32-12-17/h2-5,10,14-15,17,19,32,41H,6-9,11-13H2,1H3,(H,33,36)(H,35,37). The Bertz CT molecular complexity index is 1660. The van der Waals surface area contributed by atoms with Crippen LogP contribution in [0.25, 0.3) is 16.9 Å². The zero-order valence-corrected chi connectivity index (χ0v) is 23.2. The monoisotopic (exact) mass is 597 g/mol. The summed E-state index contributed by atoms with van der Waals surface area (Å²) in [7, 11) is 0. The minimum Gasteiger partial charge on any atom is -0.392 e. The number of β-amino-alcohol motifs (C(OH)–C–C–N with tert-alkyl or cyclic N) is 1. The average Bonchev–Trinajstić information content (AvgIpc) is 3.65. The number of halogens is 3. The highest BCUT2D eigenvalue weighted by Gasteiger charge is 2.37. The minimum absolute atomic E-state index is 0.00346. The van der Waals surface area contributed by atoms with E-state index in [1.807, 2.05) is 6.92 Å². The molecule has 2 fully saturated rings. The van der Waals surface area contributed by atoms with E-state index in [4.69, 9.17) is 0 Å². The molecule has 2 unspecified atom stereocenters. The van der Waals surface area contributed by atoms with Gasteiger partial charge >= 0.3 is 6.18 Å². The third-order valence-corrected chi connectivity index (χ3v) is 7.89. The zero-order valence-electron chi connectivity index (χ0n) is 23.2. The number of imidazole rings is 1. The van der Waals surface area contributed by atoms with Crippen molar-refractivity contribution in [2.45, 2.75) is 25.6 Å². The molecule has 2 amide bonds. The van der Waals surface area contributed by atoms with Gasteiger partial charge in [0.15, 0.2) is 17.2 Å². The zero-order chi connectivity index (χ0) is 30.3. The molecule has 2 saturated heterocycles. The van der Waals surface area contributed by atoms with Crippen LogP contribution in [0.4, 0.5) is 24.7 Å². The van der Waals surface area contributed by atoms with Crippen LogP contribution in [0.1, 0.15) is 28.0 Å². The SMILES string of the molecule is Cc1cc(Nc2nccn3c(-c4c[nH]nc4C(F)(F)F)cnc23)ccc1C(=O)N1CCN(C(=O)C2CNCC(O)C2)CC1. The van der Waals surface area contributed by atoms with Gasteiger partial charge in [-0.05, 0) is 37.1 Å². The summed E-state index contributed by atoms with van der Waals surface area (Å²) in [6.07, 6.45) is 0.766. The summed E-state index contributed by atoms with van der Waals surface area (Å²) in [6, 6.07) is 5.24. The number of carbonyl (C=O) groups excluding carboxylic acids is 2. The van der Waals surface area contributed by atoms with Gasteiger partial charge in [-0.15, -0.1) is 0 Å². The lowest BCUT2D eigenvalue weighted by Crippen LogP contribution is -2.54. The van der Waals surface area contributed by atoms with E-state index in [-0.39, 0.29) is 29.0 Å². The molecule has 6 rings (SSSR count). The van der Waals surface area contributed by atoms with Crippen molar-refractivity contribution < 1.29 is 27.9 Å². The maximum absolute atomic E-state index is 13.4. The van der Waals surface area contributed by atoms with Crippen LogP contribution >= 0.6 is 0 Å². The molecule has 0 bridgehead atoms. The maximum atomic E-state index is 13.4. The van der Waals surface area contributed by atoms with Crippen LogP contribution in [0, 0.1) is 12.8 Å². The van der Waals surface area contributed by atoms with Gasteiger partial charge in [-0.25, -0.2) is 9.97 Å². The number of anilines is 2. The topological polar surface area (TPSA) is 144 Å². The van der Waals surface area contributed by atoms with E-state index in [9.17, 15) is 27.9 Å². The third-order valence-electron chi connectivity index (χ3n) is 7.89. The first-order chi connectivity index (χ1) is 20.6. The molecule has 2 atom stereocenters. The van der Waals surface area contributed by atoms with Gasteiger partial charge in [0.1, 0.15) is 0 Å². The second-order valence-corrected chi connectivity index (χ2v) is 10.8. The summed E-state index contributed by atoms with van der Waals surface area (Å²) < 4.78 is 41.8. The normalized spacial score (nSPS) is 19.6. The van der Waals surface area contributed by atoms with Crippen LogP contribution in [0.2, 0.25) is 0 Å². The number of alkyl halides is 3. The number of hydrogen-bond acceptors (Lipinski definition) is 8. The fraction of sp³-hybridized carbons (Fsp3) is 0.393. The first kappa shape index (κ1) is 28.6. The van der Waals surface area contributed by atoms with E-state index >= 15 is 0 Å². The molecule has 3 aromatic heterocycles. The summed E-state index contributed by atoms with van der Waals surface area (Å²) in [5.74, 6) is -0.0655. The van der Waals surface area contributed by atoms with Crippen LogP contribution in [0.3, 0.4) is 0 Å². The number of piperidine rings is 1. The summed E-state index contributed by atoms with van der Waals surface area (Å²) >= 11 is 0. The van der Waals surface area contributed by atoms with Gasteiger partial charge in [0.2, 0.25) is 5.91 Å². The Hall–Kier alpha value is -4.50. The molecule has 226 valence electrons. The van der Waals surface area contributed by atoms with Gasteiger partial charge in [-0.1, -0.05) is 0 Å². The molecule has 15 heteroatoms. The lowest BCUT2D eigenvalue weighted by molar-refractivity contribution is -0.140. The second kappa shape index (κ2) is 11.3. The Morgan fingerprint density at radius 3 is 2.58 bits per heavy atom. The number of H-pyrrole nitrogens is 1. The number of fused-ring (bicyclic) bond motifs is 1. The highest BCUT2D eigenvalue weighted by molar-refractivity contribution is 5.96. The van der Waals surface area contributed by atoms with Gasteiger partial charge in [0.25, 0.3) is 5.91 Å². The molecule has 4 aromatic rings. The molecule has 0 spiro atoms. The number of piperazine rings is 1. The van der Waals surface area contributed by atoms with Crippen molar-refractivity contribution in [1.29, 1.82) is 0 Å². The quantitative estimate of drug-likeness (QED) is 0.275. The Morgan fingerprint density at radius 1 is 1.09 bits per heavy atom. The number of carbonyl (C=O) groups is 2. The summed E-state index contributed by atoms with van der Waals surface area (Å²) in [5, 5.41) is 21.8. The number of aliphatic hydroxyl groups is 1. The van der Waals surface area contributed by atoms with Gasteiger partial charge in [-0.2, -0.15) is 18.3 Å². The predicted molar refractivity (Wildman–Crippen MR) is 149 cm³/mol. The summed E-state index contributed by atoms with van der Waals surface area (Å²) in [5.41, 5.74) is 1.22. The Balaban J connectivity index is 1.13. The van der Waals surface area contributed by atoms with Gasteiger partial charge < -0.3 is 25.5 Å². The van der Waals surface area contributed by atoms with Crippen molar-refractivity contribution in [1.82, 2.24) is 39.7 Å². The van der Waals surface area contributed by atoms with Crippen LogP contribution in [-0.2, 0) is 11.0 Å². The van der Waals surface area contributed by atoms with Gasteiger partial charge in [0.05, 0.1) is 29.5 Å². The number of aromatic nitrogens is 5. The van der Waals surface area contributed by atoms with E-state index in [1.165, 1.54) is 29.2 Å².